The summed E-state index contributed by atoms with van der Waals surface area (Å²) in [6, 6.07) is 0.817. The molecule has 0 aromatic heterocycles. The van der Waals surface area contributed by atoms with Crippen LogP contribution >= 0.6 is 0 Å². The third-order valence-electron chi connectivity index (χ3n) is 4.20. The molecule has 0 aliphatic heterocycles. The second-order valence-corrected chi connectivity index (χ2v) is 6.75. The monoisotopic (exact) mass is 240 g/mol. The van der Waals surface area contributed by atoms with Gasteiger partial charge in [0.15, 0.2) is 0 Å². The molecule has 0 radical (unpaired) electrons. The van der Waals surface area contributed by atoms with Crippen molar-refractivity contribution in [2.24, 2.45) is 17.1 Å². The van der Waals surface area contributed by atoms with Gasteiger partial charge in [-0.15, -0.1) is 0 Å². The van der Waals surface area contributed by atoms with Gasteiger partial charge < -0.3 is 5.73 Å². The van der Waals surface area contributed by atoms with Crippen LogP contribution in [0.1, 0.15) is 59.8 Å². The lowest BCUT2D eigenvalue weighted by molar-refractivity contribution is 0.0968. The molecule has 0 aromatic carbocycles. The Morgan fingerprint density at radius 2 is 1.76 bits per heavy atom. The average Bonchev–Trinajstić information content (AvgIpc) is 2.29. The largest absolute Gasteiger partial charge is 0.330 e. The van der Waals surface area contributed by atoms with E-state index in [1.807, 2.05) is 0 Å². The maximum absolute atomic E-state index is 5.88. The summed E-state index contributed by atoms with van der Waals surface area (Å²) in [6.07, 6.45) is 6.86. The van der Waals surface area contributed by atoms with Crippen molar-refractivity contribution in [3.63, 3.8) is 0 Å². The van der Waals surface area contributed by atoms with Crippen LogP contribution in [0.4, 0.5) is 0 Å². The SMILES string of the molecule is CCCN(CC(C)(C)CN)C1CCC(C)CC1. The van der Waals surface area contributed by atoms with Gasteiger partial charge in [-0.05, 0) is 56.5 Å². The average molecular weight is 240 g/mol. The van der Waals surface area contributed by atoms with E-state index in [2.05, 4.69) is 32.6 Å². The Labute approximate surface area is 108 Å². The van der Waals surface area contributed by atoms with E-state index >= 15 is 0 Å². The summed E-state index contributed by atoms with van der Waals surface area (Å²) < 4.78 is 0. The van der Waals surface area contributed by atoms with Gasteiger partial charge in [-0.25, -0.2) is 0 Å². The molecule has 0 spiro atoms. The van der Waals surface area contributed by atoms with Crippen molar-refractivity contribution >= 4 is 0 Å². The highest BCUT2D eigenvalue weighted by Crippen LogP contribution is 2.29. The zero-order valence-corrected chi connectivity index (χ0v) is 12.3. The van der Waals surface area contributed by atoms with E-state index in [9.17, 15) is 0 Å². The van der Waals surface area contributed by atoms with Gasteiger partial charge in [-0.2, -0.15) is 0 Å². The van der Waals surface area contributed by atoms with E-state index in [1.165, 1.54) is 38.6 Å². The second-order valence-electron chi connectivity index (χ2n) is 6.75. The van der Waals surface area contributed by atoms with Crippen LogP contribution in [0.5, 0.6) is 0 Å². The molecular weight excluding hydrogens is 208 g/mol. The molecule has 1 aliphatic carbocycles. The number of nitrogens with two attached hydrogens (primary N) is 1. The van der Waals surface area contributed by atoms with Crippen molar-refractivity contribution in [3.8, 4) is 0 Å². The Morgan fingerprint density at radius 3 is 2.24 bits per heavy atom. The lowest BCUT2D eigenvalue weighted by atomic mass is 9.85. The van der Waals surface area contributed by atoms with E-state index in [1.54, 1.807) is 0 Å². The van der Waals surface area contributed by atoms with E-state index in [0.29, 0.717) is 0 Å². The molecule has 102 valence electrons. The Balaban J connectivity index is 2.53. The molecule has 1 fully saturated rings. The maximum atomic E-state index is 5.88. The molecule has 1 rings (SSSR count). The van der Waals surface area contributed by atoms with E-state index in [-0.39, 0.29) is 5.41 Å². The summed E-state index contributed by atoms with van der Waals surface area (Å²) in [5.41, 5.74) is 6.14. The van der Waals surface area contributed by atoms with Gasteiger partial charge in [0, 0.05) is 12.6 Å². The van der Waals surface area contributed by atoms with Crippen LogP contribution in [0.25, 0.3) is 0 Å². The van der Waals surface area contributed by atoms with Gasteiger partial charge >= 0.3 is 0 Å². The fourth-order valence-electron chi connectivity index (χ4n) is 2.90. The number of nitrogens with zero attached hydrogens (tertiary/aromatic N) is 1. The number of rotatable bonds is 6. The molecule has 0 bridgehead atoms. The van der Waals surface area contributed by atoms with E-state index < -0.39 is 0 Å². The summed E-state index contributed by atoms with van der Waals surface area (Å²) in [4.78, 5) is 2.71. The predicted octanol–water partition coefficient (Wildman–Crippen LogP) is 3.26. The summed E-state index contributed by atoms with van der Waals surface area (Å²) >= 11 is 0. The van der Waals surface area contributed by atoms with Gasteiger partial charge in [-0.3, -0.25) is 4.90 Å². The third-order valence-corrected chi connectivity index (χ3v) is 4.20. The first kappa shape index (κ1) is 15.0. The van der Waals surface area contributed by atoms with Crippen LogP contribution in [-0.4, -0.2) is 30.6 Å². The second kappa shape index (κ2) is 6.75. The first-order valence-corrected chi connectivity index (χ1v) is 7.42. The van der Waals surface area contributed by atoms with Crippen LogP contribution in [0.15, 0.2) is 0 Å². The Morgan fingerprint density at radius 1 is 1.18 bits per heavy atom. The Hall–Kier alpha value is -0.0800. The summed E-state index contributed by atoms with van der Waals surface area (Å²) in [6.45, 7) is 12.5. The van der Waals surface area contributed by atoms with Gasteiger partial charge in [0.25, 0.3) is 0 Å². The first-order valence-electron chi connectivity index (χ1n) is 7.42. The lowest BCUT2D eigenvalue weighted by Gasteiger charge is -2.40. The molecule has 0 heterocycles. The molecule has 2 nitrogen and oxygen atoms in total. The van der Waals surface area contributed by atoms with Crippen LogP contribution in [0.3, 0.4) is 0 Å². The molecule has 0 unspecified atom stereocenters. The molecular formula is C15H32N2. The van der Waals surface area contributed by atoms with E-state index in [0.717, 1.165) is 25.0 Å². The molecule has 2 N–H and O–H groups in total. The van der Waals surface area contributed by atoms with Crippen molar-refractivity contribution in [1.82, 2.24) is 4.90 Å². The molecule has 0 aromatic rings. The minimum absolute atomic E-state index is 0.262. The molecule has 0 atom stereocenters. The van der Waals surface area contributed by atoms with Gasteiger partial charge in [0.2, 0.25) is 0 Å². The number of hydrogen-bond acceptors (Lipinski definition) is 2. The molecule has 0 amide bonds. The highest BCUT2D eigenvalue weighted by molar-refractivity contribution is 4.82. The Kier molecular flexibility index (Phi) is 5.94. The first-order chi connectivity index (χ1) is 7.98. The van der Waals surface area contributed by atoms with E-state index in [4.69, 9.17) is 5.73 Å². The smallest absolute Gasteiger partial charge is 0.00956 e. The standard InChI is InChI=1S/C15H32N2/c1-5-10-17(12-15(3,4)11-16)14-8-6-13(2)7-9-14/h13-14H,5-12,16H2,1-4H3. The Bertz CT molecular complexity index is 205. The normalized spacial score (nSPS) is 26.5. The summed E-state index contributed by atoms with van der Waals surface area (Å²) in [5.74, 6) is 0.942. The molecule has 2 heteroatoms. The van der Waals surface area contributed by atoms with Crippen molar-refractivity contribution in [3.05, 3.63) is 0 Å². The predicted molar refractivity (Wildman–Crippen MR) is 76.1 cm³/mol. The zero-order valence-electron chi connectivity index (χ0n) is 12.3. The van der Waals surface area contributed by atoms with Crippen LogP contribution < -0.4 is 5.73 Å². The zero-order chi connectivity index (χ0) is 12.9. The van der Waals surface area contributed by atoms with Crippen molar-refractivity contribution < 1.29 is 0 Å². The summed E-state index contributed by atoms with van der Waals surface area (Å²) in [7, 11) is 0. The maximum Gasteiger partial charge on any atom is 0.00956 e. The summed E-state index contributed by atoms with van der Waals surface area (Å²) in [5, 5.41) is 0. The minimum atomic E-state index is 0.262. The van der Waals surface area contributed by atoms with Gasteiger partial charge in [0.05, 0.1) is 0 Å². The lowest BCUT2D eigenvalue weighted by Crippen LogP contribution is -2.45. The van der Waals surface area contributed by atoms with Crippen molar-refractivity contribution in [2.45, 2.75) is 65.8 Å². The number of hydrogen-bond donors (Lipinski definition) is 1. The third kappa shape index (κ3) is 4.97. The van der Waals surface area contributed by atoms with Crippen LogP contribution in [0, 0.1) is 11.3 Å². The highest BCUT2D eigenvalue weighted by Gasteiger charge is 2.27. The quantitative estimate of drug-likeness (QED) is 0.772. The molecule has 17 heavy (non-hydrogen) atoms. The van der Waals surface area contributed by atoms with Crippen LogP contribution in [-0.2, 0) is 0 Å². The fraction of sp³-hybridized carbons (Fsp3) is 1.00. The van der Waals surface area contributed by atoms with Gasteiger partial charge in [-0.1, -0.05) is 27.7 Å². The molecule has 1 aliphatic rings. The fourth-order valence-corrected chi connectivity index (χ4v) is 2.90. The highest BCUT2D eigenvalue weighted by atomic mass is 15.2. The van der Waals surface area contributed by atoms with Crippen molar-refractivity contribution in [1.29, 1.82) is 0 Å². The minimum Gasteiger partial charge on any atom is -0.330 e. The van der Waals surface area contributed by atoms with Crippen molar-refractivity contribution in [2.75, 3.05) is 19.6 Å². The topological polar surface area (TPSA) is 29.3 Å². The molecule has 0 saturated heterocycles. The molecule has 1 saturated carbocycles. The van der Waals surface area contributed by atoms with Crippen LogP contribution in [0.2, 0.25) is 0 Å². The van der Waals surface area contributed by atoms with Gasteiger partial charge in [0.1, 0.15) is 0 Å².